The Kier molecular flexibility index (Phi) is 4.83. The minimum atomic E-state index is -0.100. The molecule has 0 atom stereocenters. The number of benzene rings is 1. The van der Waals surface area contributed by atoms with Crippen LogP contribution in [0.25, 0.3) is 4.96 Å². The first-order valence-electron chi connectivity index (χ1n) is 7.84. The van der Waals surface area contributed by atoms with Gasteiger partial charge in [0.05, 0.1) is 5.69 Å². The Hall–Kier alpha value is -2.05. The summed E-state index contributed by atoms with van der Waals surface area (Å²) in [5.74, 6) is 0. The monoisotopic (exact) mass is 328 g/mol. The van der Waals surface area contributed by atoms with E-state index in [4.69, 9.17) is 0 Å². The summed E-state index contributed by atoms with van der Waals surface area (Å²) in [5, 5.41) is 5.22. The van der Waals surface area contributed by atoms with E-state index in [2.05, 4.69) is 34.0 Å². The first-order valence-corrected chi connectivity index (χ1v) is 8.66. The van der Waals surface area contributed by atoms with E-state index in [1.54, 1.807) is 6.07 Å². The lowest BCUT2D eigenvalue weighted by Gasteiger charge is -2.19. The molecule has 3 rings (SSSR count). The minimum Gasteiger partial charge on any atom is -0.294 e. The van der Waals surface area contributed by atoms with E-state index in [9.17, 15) is 4.79 Å². The standard InChI is InChI=1S/C17H20N4OS/c1-3-15-19-21-16(22)10-14(18-17(21)23-15)12-20(4-2)11-13-8-6-5-7-9-13/h5-10H,3-4,11-12H2,1-2H3. The average molecular weight is 328 g/mol. The number of hydrogen-bond acceptors (Lipinski definition) is 5. The summed E-state index contributed by atoms with van der Waals surface area (Å²) in [7, 11) is 0. The van der Waals surface area contributed by atoms with Gasteiger partial charge in [0, 0.05) is 19.2 Å². The zero-order valence-corrected chi connectivity index (χ0v) is 14.2. The van der Waals surface area contributed by atoms with Crippen LogP contribution in [-0.2, 0) is 19.5 Å². The highest BCUT2D eigenvalue weighted by atomic mass is 32.1. The molecule has 0 saturated heterocycles. The van der Waals surface area contributed by atoms with Gasteiger partial charge in [0.2, 0.25) is 4.96 Å². The van der Waals surface area contributed by atoms with Gasteiger partial charge in [-0.1, -0.05) is 55.5 Å². The zero-order valence-electron chi connectivity index (χ0n) is 13.4. The summed E-state index contributed by atoms with van der Waals surface area (Å²) in [5.41, 5.74) is 1.97. The van der Waals surface area contributed by atoms with Gasteiger partial charge in [0.25, 0.3) is 5.56 Å². The molecule has 2 heterocycles. The molecule has 5 nitrogen and oxygen atoms in total. The van der Waals surface area contributed by atoms with Gasteiger partial charge in [0.1, 0.15) is 5.01 Å². The molecule has 0 aliphatic carbocycles. The van der Waals surface area contributed by atoms with Gasteiger partial charge in [-0.2, -0.15) is 9.61 Å². The maximum atomic E-state index is 12.2. The van der Waals surface area contributed by atoms with E-state index >= 15 is 0 Å². The van der Waals surface area contributed by atoms with Gasteiger partial charge in [0.15, 0.2) is 0 Å². The van der Waals surface area contributed by atoms with E-state index in [0.29, 0.717) is 11.5 Å². The number of rotatable bonds is 6. The first-order chi connectivity index (χ1) is 11.2. The third-order valence-corrected chi connectivity index (χ3v) is 4.78. The highest BCUT2D eigenvalue weighted by molar-refractivity contribution is 7.16. The fourth-order valence-electron chi connectivity index (χ4n) is 2.47. The molecule has 3 aromatic rings. The quantitative estimate of drug-likeness (QED) is 0.698. The van der Waals surface area contributed by atoms with Crippen LogP contribution in [0.3, 0.4) is 0 Å². The van der Waals surface area contributed by atoms with Crippen molar-refractivity contribution in [2.24, 2.45) is 0 Å². The maximum Gasteiger partial charge on any atom is 0.275 e. The molecule has 2 aromatic heterocycles. The van der Waals surface area contributed by atoms with E-state index in [-0.39, 0.29) is 5.56 Å². The Bertz CT molecular complexity index is 841. The van der Waals surface area contributed by atoms with Crippen molar-refractivity contribution >= 4 is 16.3 Å². The second kappa shape index (κ2) is 7.02. The number of aryl methyl sites for hydroxylation is 1. The molecule has 0 saturated carbocycles. The predicted octanol–water partition coefficient (Wildman–Crippen LogP) is 2.74. The highest BCUT2D eigenvalue weighted by Gasteiger charge is 2.11. The van der Waals surface area contributed by atoms with Gasteiger partial charge >= 0.3 is 0 Å². The molecule has 6 heteroatoms. The highest BCUT2D eigenvalue weighted by Crippen LogP contribution is 2.13. The molecule has 1 aromatic carbocycles. The van der Waals surface area contributed by atoms with Crippen LogP contribution in [0.2, 0.25) is 0 Å². The van der Waals surface area contributed by atoms with Crippen molar-refractivity contribution in [1.29, 1.82) is 0 Å². The molecule has 120 valence electrons. The van der Waals surface area contributed by atoms with Crippen LogP contribution in [-0.4, -0.2) is 26.0 Å². The zero-order chi connectivity index (χ0) is 16.2. The SMILES string of the molecule is CCc1nn2c(=O)cc(CN(CC)Cc3ccccc3)nc2s1. The summed E-state index contributed by atoms with van der Waals surface area (Å²) >= 11 is 1.49. The van der Waals surface area contributed by atoms with Crippen LogP contribution in [0, 0.1) is 0 Å². The third-order valence-electron chi connectivity index (χ3n) is 3.72. The molecule has 0 aliphatic heterocycles. The lowest BCUT2D eigenvalue weighted by atomic mass is 10.2. The van der Waals surface area contributed by atoms with Gasteiger partial charge in [-0.05, 0) is 18.5 Å². The smallest absolute Gasteiger partial charge is 0.275 e. The van der Waals surface area contributed by atoms with Crippen LogP contribution < -0.4 is 5.56 Å². The molecular weight excluding hydrogens is 308 g/mol. The molecule has 0 fully saturated rings. The molecule has 23 heavy (non-hydrogen) atoms. The number of aromatic nitrogens is 3. The van der Waals surface area contributed by atoms with Crippen molar-refractivity contribution in [3.63, 3.8) is 0 Å². The number of nitrogens with zero attached hydrogens (tertiary/aromatic N) is 4. The fraction of sp³-hybridized carbons (Fsp3) is 0.353. The number of hydrogen-bond donors (Lipinski definition) is 0. The van der Waals surface area contributed by atoms with E-state index in [1.807, 2.05) is 25.1 Å². The second-order valence-corrected chi connectivity index (χ2v) is 6.46. The van der Waals surface area contributed by atoms with Crippen LogP contribution in [0.15, 0.2) is 41.2 Å². The summed E-state index contributed by atoms with van der Waals surface area (Å²) in [6.45, 7) is 6.56. The summed E-state index contributed by atoms with van der Waals surface area (Å²) in [6.07, 6.45) is 0.817. The van der Waals surface area contributed by atoms with Crippen molar-refractivity contribution in [3.05, 3.63) is 63.0 Å². The lowest BCUT2D eigenvalue weighted by Crippen LogP contribution is -2.25. The molecular formula is C17H20N4OS. The van der Waals surface area contributed by atoms with Crippen molar-refractivity contribution in [1.82, 2.24) is 19.5 Å². The molecule has 0 amide bonds. The third kappa shape index (κ3) is 3.65. The number of fused-ring (bicyclic) bond motifs is 1. The summed E-state index contributed by atoms with van der Waals surface area (Å²) in [6, 6.07) is 11.9. The predicted molar refractivity (Wildman–Crippen MR) is 92.7 cm³/mol. The normalized spacial score (nSPS) is 11.4. The second-order valence-electron chi connectivity index (χ2n) is 5.42. The van der Waals surface area contributed by atoms with Gasteiger partial charge in [-0.15, -0.1) is 0 Å². The Morgan fingerprint density at radius 1 is 1.17 bits per heavy atom. The maximum absolute atomic E-state index is 12.2. The van der Waals surface area contributed by atoms with Gasteiger partial charge in [-0.3, -0.25) is 9.69 Å². The Labute approximate surface area is 139 Å². The van der Waals surface area contributed by atoms with Crippen LogP contribution in [0.1, 0.15) is 30.1 Å². The lowest BCUT2D eigenvalue weighted by molar-refractivity contribution is 0.268. The molecule has 0 spiro atoms. The Balaban J connectivity index is 1.83. The summed E-state index contributed by atoms with van der Waals surface area (Å²) < 4.78 is 1.40. The van der Waals surface area contributed by atoms with E-state index in [0.717, 1.165) is 30.2 Å². The van der Waals surface area contributed by atoms with Gasteiger partial charge < -0.3 is 0 Å². The van der Waals surface area contributed by atoms with Crippen LogP contribution in [0.4, 0.5) is 0 Å². The van der Waals surface area contributed by atoms with Crippen LogP contribution >= 0.6 is 11.3 Å². The largest absolute Gasteiger partial charge is 0.294 e. The molecule has 0 unspecified atom stereocenters. The topological polar surface area (TPSA) is 50.5 Å². The van der Waals surface area contributed by atoms with Crippen molar-refractivity contribution in [2.45, 2.75) is 33.4 Å². The van der Waals surface area contributed by atoms with Crippen molar-refractivity contribution < 1.29 is 0 Å². The minimum absolute atomic E-state index is 0.100. The Morgan fingerprint density at radius 3 is 2.65 bits per heavy atom. The van der Waals surface area contributed by atoms with Crippen molar-refractivity contribution in [2.75, 3.05) is 6.54 Å². The first kappa shape index (κ1) is 15.8. The van der Waals surface area contributed by atoms with Crippen molar-refractivity contribution in [3.8, 4) is 0 Å². The fourth-order valence-corrected chi connectivity index (χ4v) is 3.33. The van der Waals surface area contributed by atoms with Crippen LogP contribution in [0.5, 0.6) is 0 Å². The van der Waals surface area contributed by atoms with E-state index in [1.165, 1.54) is 21.4 Å². The Morgan fingerprint density at radius 2 is 1.96 bits per heavy atom. The molecule has 0 radical (unpaired) electrons. The van der Waals surface area contributed by atoms with Gasteiger partial charge in [-0.25, -0.2) is 4.98 Å². The summed E-state index contributed by atoms with van der Waals surface area (Å²) in [4.78, 5) is 19.8. The van der Waals surface area contributed by atoms with E-state index < -0.39 is 0 Å². The average Bonchev–Trinajstić information content (AvgIpc) is 2.99. The molecule has 0 N–H and O–H groups in total. The molecule has 0 aliphatic rings. The molecule has 0 bridgehead atoms.